The molecule has 24 heavy (non-hydrogen) atoms. The third-order valence-corrected chi connectivity index (χ3v) is 5.74. The van der Waals surface area contributed by atoms with Crippen LogP contribution in [0.2, 0.25) is 0 Å². The molecule has 0 N–H and O–H groups in total. The highest BCUT2D eigenvalue weighted by molar-refractivity contribution is 7.92. The van der Waals surface area contributed by atoms with Gasteiger partial charge >= 0.3 is 0 Å². The van der Waals surface area contributed by atoms with Crippen molar-refractivity contribution >= 4 is 15.7 Å². The maximum atomic E-state index is 12.8. The van der Waals surface area contributed by atoms with E-state index in [-0.39, 0.29) is 4.90 Å². The second-order valence-electron chi connectivity index (χ2n) is 5.74. The van der Waals surface area contributed by atoms with E-state index in [1.54, 1.807) is 30.3 Å². The molecule has 5 nitrogen and oxygen atoms in total. The molecule has 0 bridgehead atoms. The average molecular weight is 349 g/mol. The van der Waals surface area contributed by atoms with Gasteiger partial charge in [-0.2, -0.15) is 0 Å². The van der Waals surface area contributed by atoms with Crippen LogP contribution in [-0.2, 0) is 10.0 Å². The van der Waals surface area contributed by atoms with E-state index in [0.717, 1.165) is 5.56 Å². The van der Waals surface area contributed by atoms with Crippen LogP contribution >= 0.6 is 0 Å². The molecule has 0 unspecified atom stereocenters. The molecule has 0 radical (unpaired) electrons. The Morgan fingerprint density at radius 1 is 0.917 bits per heavy atom. The molecule has 2 aromatic rings. The van der Waals surface area contributed by atoms with Gasteiger partial charge in [0.1, 0.15) is 0 Å². The lowest BCUT2D eigenvalue weighted by molar-refractivity contribution is 0.355. The van der Waals surface area contributed by atoms with Crippen molar-refractivity contribution in [1.29, 1.82) is 0 Å². The maximum absolute atomic E-state index is 12.8. The van der Waals surface area contributed by atoms with Crippen LogP contribution in [0, 0.1) is 0 Å². The highest BCUT2D eigenvalue weighted by atomic mass is 32.2. The second kappa shape index (κ2) is 7.13. The van der Waals surface area contributed by atoms with Crippen LogP contribution in [0.25, 0.3) is 0 Å². The zero-order valence-electron chi connectivity index (χ0n) is 14.6. The van der Waals surface area contributed by atoms with E-state index < -0.39 is 10.0 Å². The highest BCUT2D eigenvalue weighted by Gasteiger charge is 2.22. The molecule has 0 saturated heterocycles. The van der Waals surface area contributed by atoms with Crippen molar-refractivity contribution < 1.29 is 17.9 Å². The SMILES string of the molecule is COc1ccc(N(C)S(=O)(=O)c2ccc(C(C)C)cc2)cc1OC. The second-order valence-corrected chi connectivity index (χ2v) is 7.70. The highest BCUT2D eigenvalue weighted by Crippen LogP contribution is 2.33. The Morgan fingerprint density at radius 2 is 1.50 bits per heavy atom. The van der Waals surface area contributed by atoms with E-state index in [2.05, 4.69) is 13.8 Å². The summed E-state index contributed by atoms with van der Waals surface area (Å²) in [6.07, 6.45) is 0. The van der Waals surface area contributed by atoms with Gasteiger partial charge in [-0.05, 0) is 35.7 Å². The molecule has 0 spiro atoms. The third-order valence-electron chi connectivity index (χ3n) is 3.94. The Balaban J connectivity index is 2.38. The van der Waals surface area contributed by atoms with Crippen LogP contribution in [0.15, 0.2) is 47.4 Å². The van der Waals surface area contributed by atoms with E-state index in [1.165, 1.54) is 25.6 Å². The first-order valence-electron chi connectivity index (χ1n) is 7.62. The molecule has 2 rings (SSSR count). The van der Waals surface area contributed by atoms with Crippen LogP contribution in [0.5, 0.6) is 11.5 Å². The van der Waals surface area contributed by atoms with Crippen molar-refractivity contribution in [2.75, 3.05) is 25.6 Å². The first-order valence-corrected chi connectivity index (χ1v) is 9.06. The smallest absolute Gasteiger partial charge is 0.264 e. The van der Waals surface area contributed by atoms with Gasteiger partial charge in [-0.1, -0.05) is 26.0 Å². The minimum atomic E-state index is -3.64. The summed E-state index contributed by atoms with van der Waals surface area (Å²) in [7, 11) is 0.929. The fourth-order valence-corrected chi connectivity index (χ4v) is 3.53. The van der Waals surface area contributed by atoms with Crippen LogP contribution in [0.4, 0.5) is 5.69 Å². The zero-order chi connectivity index (χ0) is 17.9. The maximum Gasteiger partial charge on any atom is 0.264 e. The molecule has 0 saturated carbocycles. The van der Waals surface area contributed by atoms with Gasteiger partial charge in [0, 0.05) is 13.1 Å². The summed E-state index contributed by atoms with van der Waals surface area (Å²) < 4.78 is 37.3. The van der Waals surface area contributed by atoms with Crippen molar-refractivity contribution in [3.05, 3.63) is 48.0 Å². The Bertz CT molecular complexity index is 798. The summed E-state index contributed by atoms with van der Waals surface area (Å²) in [6.45, 7) is 4.14. The summed E-state index contributed by atoms with van der Waals surface area (Å²) >= 11 is 0. The molecule has 130 valence electrons. The first-order chi connectivity index (χ1) is 11.3. The Labute approximate surface area is 143 Å². The number of ether oxygens (including phenoxy) is 2. The van der Waals surface area contributed by atoms with E-state index in [4.69, 9.17) is 9.47 Å². The molecule has 0 atom stereocenters. The van der Waals surface area contributed by atoms with Crippen molar-refractivity contribution in [3.63, 3.8) is 0 Å². The lowest BCUT2D eigenvalue weighted by atomic mass is 10.0. The summed E-state index contributed by atoms with van der Waals surface area (Å²) in [5.41, 5.74) is 1.60. The number of hydrogen-bond acceptors (Lipinski definition) is 4. The lowest BCUT2D eigenvalue weighted by Crippen LogP contribution is -2.26. The molecular formula is C18H23NO4S. The van der Waals surface area contributed by atoms with Gasteiger partial charge in [0.05, 0.1) is 24.8 Å². The van der Waals surface area contributed by atoms with Gasteiger partial charge in [-0.15, -0.1) is 0 Å². The number of rotatable bonds is 6. The quantitative estimate of drug-likeness (QED) is 0.799. The Kier molecular flexibility index (Phi) is 5.39. The summed E-state index contributed by atoms with van der Waals surface area (Å²) in [4.78, 5) is 0.254. The normalized spacial score (nSPS) is 11.4. The largest absolute Gasteiger partial charge is 0.493 e. The minimum Gasteiger partial charge on any atom is -0.493 e. The van der Waals surface area contributed by atoms with Crippen molar-refractivity contribution in [2.24, 2.45) is 0 Å². The zero-order valence-corrected chi connectivity index (χ0v) is 15.4. The van der Waals surface area contributed by atoms with Gasteiger partial charge in [0.2, 0.25) is 0 Å². The molecule has 6 heteroatoms. The molecule has 0 heterocycles. The van der Waals surface area contributed by atoms with Crippen LogP contribution < -0.4 is 13.8 Å². The van der Waals surface area contributed by atoms with Crippen LogP contribution in [0.1, 0.15) is 25.3 Å². The molecule has 0 aliphatic heterocycles. The molecule has 0 aliphatic carbocycles. The predicted octanol–water partition coefficient (Wildman–Crippen LogP) is 3.65. The fourth-order valence-electron chi connectivity index (χ4n) is 2.34. The van der Waals surface area contributed by atoms with E-state index >= 15 is 0 Å². The van der Waals surface area contributed by atoms with Gasteiger partial charge in [-0.3, -0.25) is 4.31 Å². The van der Waals surface area contributed by atoms with E-state index in [1.807, 2.05) is 12.1 Å². The summed E-state index contributed by atoms with van der Waals surface area (Å²) in [5.74, 6) is 1.38. The summed E-state index contributed by atoms with van der Waals surface area (Å²) in [5, 5.41) is 0. The number of sulfonamides is 1. The minimum absolute atomic E-state index is 0.254. The standard InChI is InChI=1S/C18H23NO4S/c1-13(2)14-6-9-16(10-7-14)24(20,21)19(3)15-8-11-17(22-4)18(12-15)23-5/h6-13H,1-5H3. The lowest BCUT2D eigenvalue weighted by Gasteiger charge is -2.21. The van der Waals surface area contributed by atoms with Gasteiger partial charge in [0.25, 0.3) is 10.0 Å². The fraction of sp³-hybridized carbons (Fsp3) is 0.333. The van der Waals surface area contributed by atoms with Gasteiger partial charge < -0.3 is 9.47 Å². The average Bonchev–Trinajstić information content (AvgIpc) is 2.60. The van der Waals surface area contributed by atoms with Crippen molar-refractivity contribution in [1.82, 2.24) is 0 Å². The molecular weight excluding hydrogens is 326 g/mol. The topological polar surface area (TPSA) is 55.8 Å². The molecule has 0 aromatic heterocycles. The summed E-state index contributed by atoms with van der Waals surface area (Å²) in [6, 6.07) is 12.0. The molecule has 0 aliphatic rings. The number of hydrogen-bond donors (Lipinski definition) is 0. The Morgan fingerprint density at radius 3 is 2.00 bits per heavy atom. The number of nitrogens with zero attached hydrogens (tertiary/aromatic N) is 1. The van der Waals surface area contributed by atoms with Crippen molar-refractivity contribution in [2.45, 2.75) is 24.7 Å². The van der Waals surface area contributed by atoms with E-state index in [0.29, 0.717) is 23.1 Å². The number of benzene rings is 2. The van der Waals surface area contributed by atoms with Crippen LogP contribution in [-0.4, -0.2) is 29.7 Å². The molecule has 0 fully saturated rings. The Hall–Kier alpha value is -2.21. The first kappa shape index (κ1) is 18.1. The van der Waals surface area contributed by atoms with Crippen molar-refractivity contribution in [3.8, 4) is 11.5 Å². The number of methoxy groups -OCH3 is 2. The third kappa shape index (κ3) is 3.48. The van der Waals surface area contributed by atoms with E-state index in [9.17, 15) is 8.42 Å². The molecule has 2 aromatic carbocycles. The number of anilines is 1. The molecule has 0 amide bonds. The van der Waals surface area contributed by atoms with Gasteiger partial charge in [-0.25, -0.2) is 8.42 Å². The van der Waals surface area contributed by atoms with Gasteiger partial charge in [0.15, 0.2) is 11.5 Å². The monoisotopic (exact) mass is 349 g/mol. The predicted molar refractivity (Wildman–Crippen MR) is 95.7 cm³/mol. The van der Waals surface area contributed by atoms with Crippen LogP contribution in [0.3, 0.4) is 0 Å².